The van der Waals surface area contributed by atoms with Crippen molar-refractivity contribution in [2.24, 2.45) is 0 Å². The molecule has 1 aromatic rings. The zero-order valence-electron chi connectivity index (χ0n) is 9.88. The van der Waals surface area contributed by atoms with E-state index in [2.05, 4.69) is 21.0 Å². The molecule has 0 unspecified atom stereocenters. The number of aryl methyl sites for hydroxylation is 1. The highest BCUT2D eigenvalue weighted by Gasteiger charge is 1.96. The van der Waals surface area contributed by atoms with Gasteiger partial charge in [0.2, 0.25) is 5.95 Å². The van der Waals surface area contributed by atoms with E-state index < -0.39 is 0 Å². The molecular weight excluding hydrogens is 204 g/mol. The molecule has 0 bridgehead atoms. The first kappa shape index (κ1) is 12.7. The molecule has 0 spiro atoms. The van der Waals surface area contributed by atoms with Gasteiger partial charge in [-0.05, 0) is 26.2 Å². The molecular formula is C11H21N4O+. The van der Waals surface area contributed by atoms with Crippen LogP contribution in [-0.2, 0) is 0 Å². The molecule has 5 nitrogen and oxygen atoms in total. The van der Waals surface area contributed by atoms with Crippen molar-refractivity contribution >= 4 is 5.95 Å². The summed E-state index contributed by atoms with van der Waals surface area (Å²) in [5, 5.41) is 3.12. The van der Waals surface area contributed by atoms with Gasteiger partial charge in [0.15, 0.2) is 0 Å². The fourth-order valence-corrected chi connectivity index (χ4v) is 1.52. The Morgan fingerprint density at radius 2 is 2.12 bits per heavy atom. The maximum Gasteiger partial charge on any atom is 0.252 e. The van der Waals surface area contributed by atoms with E-state index in [1.807, 2.05) is 6.92 Å². The number of aromatic nitrogens is 2. The van der Waals surface area contributed by atoms with Crippen LogP contribution in [0.2, 0.25) is 0 Å². The third-order valence-electron chi connectivity index (χ3n) is 2.34. The molecule has 1 rings (SSSR count). The molecule has 0 aliphatic rings. The van der Waals surface area contributed by atoms with E-state index in [0.29, 0.717) is 5.95 Å². The lowest BCUT2D eigenvalue weighted by molar-refractivity contribution is -0.368. The summed E-state index contributed by atoms with van der Waals surface area (Å²) in [5.74, 6) is 0.571. The van der Waals surface area contributed by atoms with E-state index in [0.717, 1.165) is 25.2 Å². The molecule has 16 heavy (non-hydrogen) atoms. The Bertz CT molecular complexity index is 361. The zero-order chi connectivity index (χ0) is 11.8. The fourth-order valence-electron chi connectivity index (χ4n) is 1.52. The Morgan fingerprint density at radius 3 is 2.81 bits per heavy atom. The Balaban J connectivity index is 2.24. The quantitative estimate of drug-likeness (QED) is 0.583. The number of hydrogen-bond acceptors (Lipinski definition) is 3. The second kappa shape index (κ2) is 7.00. The van der Waals surface area contributed by atoms with Gasteiger partial charge < -0.3 is 11.1 Å². The van der Waals surface area contributed by atoms with Crippen LogP contribution >= 0.6 is 0 Å². The molecule has 0 atom stereocenters. The zero-order valence-corrected chi connectivity index (χ0v) is 9.88. The van der Waals surface area contributed by atoms with Gasteiger partial charge in [-0.3, -0.25) is 9.78 Å². The Morgan fingerprint density at radius 1 is 1.38 bits per heavy atom. The smallest absolute Gasteiger partial charge is 0.252 e. The number of rotatable bonds is 7. The molecule has 0 aromatic carbocycles. The third kappa shape index (κ3) is 4.93. The van der Waals surface area contributed by atoms with Crippen molar-refractivity contribution in [3.05, 3.63) is 22.1 Å². The highest BCUT2D eigenvalue weighted by Crippen LogP contribution is 2.00. The van der Waals surface area contributed by atoms with Gasteiger partial charge in [-0.15, -0.1) is 0 Å². The maximum absolute atomic E-state index is 11.1. The van der Waals surface area contributed by atoms with Crippen molar-refractivity contribution in [3.63, 3.8) is 0 Å². The van der Waals surface area contributed by atoms with Crippen molar-refractivity contribution in [2.75, 3.05) is 18.4 Å². The van der Waals surface area contributed by atoms with E-state index in [-0.39, 0.29) is 5.56 Å². The van der Waals surface area contributed by atoms with E-state index in [9.17, 15) is 4.79 Å². The predicted octanol–water partition coefficient (Wildman–Crippen LogP) is 0.293. The van der Waals surface area contributed by atoms with Gasteiger partial charge in [0, 0.05) is 18.3 Å². The first-order chi connectivity index (χ1) is 7.72. The molecule has 0 amide bonds. The number of nitrogens with zero attached hydrogens (tertiary/aromatic N) is 1. The van der Waals surface area contributed by atoms with E-state index in [4.69, 9.17) is 0 Å². The minimum absolute atomic E-state index is 0.105. The molecule has 0 saturated carbocycles. The number of aromatic amines is 1. The summed E-state index contributed by atoms with van der Waals surface area (Å²) in [6, 6.07) is 1.49. The van der Waals surface area contributed by atoms with Crippen LogP contribution in [0.25, 0.3) is 0 Å². The number of hydrogen-bond donors (Lipinski definition) is 3. The van der Waals surface area contributed by atoms with Gasteiger partial charge >= 0.3 is 0 Å². The van der Waals surface area contributed by atoms with Crippen LogP contribution in [0.15, 0.2) is 10.9 Å². The van der Waals surface area contributed by atoms with Crippen molar-refractivity contribution in [3.8, 4) is 0 Å². The van der Waals surface area contributed by atoms with Gasteiger partial charge in [0.05, 0.1) is 6.54 Å². The third-order valence-corrected chi connectivity index (χ3v) is 2.34. The molecule has 1 aromatic heterocycles. The first-order valence-electron chi connectivity index (χ1n) is 5.83. The van der Waals surface area contributed by atoms with Crippen molar-refractivity contribution < 1.29 is 5.73 Å². The minimum atomic E-state index is -0.105. The SMILES string of the molecule is Cc1cc(=O)[nH]c(NCCCCCC[NH3+])n1. The summed E-state index contributed by atoms with van der Waals surface area (Å²) in [7, 11) is 0. The summed E-state index contributed by atoms with van der Waals surface area (Å²) in [6.07, 6.45) is 4.71. The fraction of sp³-hybridized carbons (Fsp3) is 0.636. The normalized spacial score (nSPS) is 10.4. The Kier molecular flexibility index (Phi) is 5.56. The molecule has 90 valence electrons. The first-order valence-corrected chi connectivity index (χ1v) is 5.83. The number of anilines is 1. The van der Waals surface area contributed by atoms with Crippen LogP contribution in [-0.4, -0.2) is 23.1 Å². The lowest BCUT2D eigenvalue weighted by Gasteiger charge is -2.05. The number of nitrogens with one attached hydrogen (secondary N) is 2. The molecule has 0 aliphatic heterocycles. The molecule has 1 heterocycles. The molecule has 0 fully saturated rings. The van der Waals surface area contributed by atoms with Gasteiger partial charge in [-0.1, -0.05) is 6.42 Å². The van der Waals surface area contributed by atoms with Crippen LogP contribution in [0.1, 0.15) is 31.4 Å². The largest absolute Gasteiger partial charge is 0.358 e. The average Bonchev–Trinajstić information content (AvgIpc) is 2.22. The van der Waals surface area contributed by atoms with Gasteiger partial charge in [0.1, 0.15) is 0 Å². The highest BCUT2D eigenvalue weighted by atomic mass is 16.1. The molecule has 0 radical (unpaired) electrons. The van der Waals surface area contributed by atoms with Crippen LogP contribution in [0.5, 0.6) is 0 Å². The average molecular weight is 225 g/mol. The monoisotopic (exact) mass is 225 g/mol. The highest BCUT2D eigenvalue weighted by molar-refractivity contribution is 5.24. The lowest BCUT2D eigenvalue weighted by atomic mass is 10.2. The van der Waals surface area contributed by atoms with Crippen molar-refractivity contribution in [2.45, 2.75) is 32.6 Å². The summed E-state index contributed by atoms with van der Waals surface area (Å²) < 4.78 is 0. The molecule has 5 N–H and O–H groups in total. The van der Waals surface area contributed by atoms with Gasteiger partial charge in [0.25, 0.3) is 5.56 Å². The molecule has 5 heteroatoms. The summed E-state index contributed by atoms with van der Waals surface area (Å²) in [6.45, 7) is 3.68. The predicted molar refractivity (Wildman–Crippen MR) is 64.3 cm³/mol. The molecule has 0 saturated heterocycles. The van der Waals surface area contributed by atoms with E-state index >= 15 is 0 Å². The standard InChI is InChI=1S/C11H20N4O/c1-9-8-10(16)15-11(14-9)13-7-5-3-2-4-6-12/h8H,2-7,12H2,1H3,(H2,13,14,15,16)/p+1. The van der Waals surface area contributed by atoms with Crippen LogP contribution in [0.3, 0.4) is 0 Å². The maximum atomic E-state index is 11.1. The lowest BCUT2D eigenvalue weighted by Crippen LogP contribution is -2.50. The van der Waals surface area contributed by atoms with Crippen LogP contribution < -0.4 is 16.6 Å². The Hall–Kier alpha value is -1.36. The topological polar surface area (TPSA) is 85.4 Å². The minimum Gasteiger partial charge on any atom is -0.358 e. The second-order valence-corrected chi connectivity index (χ2v) is 3.93. The second-order valence-electron chi connectivity index (χ2n) is 3.93. The Labute approximate surface area is 95.5 Å². The van der Waals surface area contributed by atoms with E-state index in [1.54, 1.807) is 0 Å². The number of unbranched alkanes of at least 4 members (excludes halogenated alkanes) is 3. The van der Waals surface area contributed by atoms with E-state index in [1.165, 1.54) is 25.3 Å². The van der Waals surface area contributed by atoms with Crippen molar-refractivity contribution in [1.82, 2.24) is 9.97 Å². The van der Waals surface area contributed by atoms with Crippen LogP contribution in [0.4, 0.5) is 5.95 Å². The van der Waals surface area contributed by atoms with Crippen LogP contribution in [0, 0.1) is 6.92 Å². The summed E-state index contributed by atoms with van der Waals surface area (Å²) in [4.78, 5) is 18.0. The summed E-state index contributed by atoms with van der Waals surface area (Å²) in [5.41, 5.74) is 4.44. The van der Waals surface area contributed by atoms with Gasteiger partial charge in [-0.2, -0.15) is 0 Å². The molecule has 0 aliphatic carbocycles. The van der Waals surface area contributed by atoms with Gasteiger partial charge in [-0.25, -0.2) is 4.98 Å². The summed E-state index contributed by atoms with van der Waals surface area (Å²) >= 11 is 0. The number of quaternary nitrogens is 1. The number of H-pyrrole nitrogens is 1. The van der Waals surface area contributed by atoms with Crippen molar-refractivity contribution in [1.29, 1.82) is 0 Å².